The molecular formula is C23H31FN4O2+2. The van der Waals surface area contributed by atoms with Crippen LogP contribution in [0.15, 0.2) is 36.4 Å². The number of hydrogen-bond acceptors (Lipinski definition) is 2. The number of quaternary nitrogens is 2. The van der Waals surface area contributed by atoms with Gasteiger partial charge in [0.25, 0.3) is 11.8 Å². The number of anilines is 2. The molecule has 0 spiro atoms. The summed E-state index contributed by atoms with van der Waals surface area (Å²) in [6, 6.07) is 10.1. The Morgan fingerprint density at radius 1 is 0.867 bits per heavy atom. The van der Waals surface area contributed by atoms with Crippen LogP contribution in [-0.4, -0.2) is 51.1 Å². The van der Waals surface area contributed by atoms with Gasteiger partial charge in [0.2, 0.25) is 0 Å². The van der Waals surface area contributed by atoms with E-state index in [1.54, 1.807) is 12.1 Å². The normalized spacial score (nSPS) is 18.7. The highest BCUT2D eigenvalue weighted by Gasteiger charge is 2.26. The number of amides is 2. The predicted octanol–water partition coefficient (Wildman–Crippen LogP) is 0.112. The van der Waals surface area contributed by atoms with Crippen molar-refractivity contribution in [2.45, 2.75) is 20.8 Å². The number of halogens is 1. The summed E-state index contributed by atoms with van der Waals surface area (Å²) in [5.74, 6) is -0.471. The lowest BCUT2D eigenvalue weighted by atomic mass is 10.1. The maximum atomic E-state index is 13.2. The van der Waals surface area contributed by atoms with Crippen molar-refractivity contribution >= 4 is 23.2 Å². The first-order valence-electron chi connectivity index (χ1n) is 10.4. The van der Waals surface area contributed by atoms with Crippen molar-refractivity contribution in [3.8, 4) is 0 Å². The van der Waals surface area contributed by atoms with Gasteiger partial charge < -0.3 is 20.4 Å². The lowest BCUT2D eigenvalue weighted by Gasteiger charge is -2.29. The first kappa shape index (κ1) is 21.9. The quantitative estimate of drug-likeness (QED) is 0.542. The lowest BCUT2D eigenvalue weighted by molar-refractivity contribution is -1.00. The first-order valence-corrected chi connectivity index (χ1v) is 10.4. The zero-order valence-electron chi connectivity index (χ0n) is 17.9. The molecule has 0 aromatic heterocycles. The van der Waals surface area contributed by atoms with Gasteiger partial charge in [-0.05, 0) is 50.1 Å². The van der Waals surface area contributed by atoms with Gasteiger partial charge in [0.15, 0.2) is 13.1 Å². The Hall–Kier alpha value is -2.77. The lowest BCUT2D eigenvalue weighted by Crippen LogP contribution is -3.28. The minimum absolute atomic E-state index is 0.0207. The Labute approximate surface area is 177 Å². The van der Waals surface area contributed by atoms with Crippen molar-refractivity contribution in [3.63, 3.8) is 0 Å². The van der Waals surface area contributed by atoms with Crippen LogP contribution in [0.1, 0.15) is 16.7 Å². The standard InChI is InChI=1S/C23H29FN4O2/c1-16-11-17(2)23(18(3)12-16)26-22(30)15-28-9-7-27(8-10-28)14-21(29)25-20-6-4-5-19(24)13-20/h4-6,11-13H,7-10,14-15H2,1-3H3,(H,25,29)(H,26,30)/p+2. The van der Waals surface area contributed by atoms with Crippen LogP contribution in [-0.2, 0) is 9.59 Å². The number of hydrogen-bond donors (Lipinski definition) is 4. The van der Waals surface area contributed by atoms with Crippen LogP contribution in [0.4, 0.5) is 15.8 Å². The van der Waals surface area contributed by atoms with E-state index in [0.29, 0.717) is 18.8 Å². The van der Waals surface area contributed by atoms with Crippen molar-refractivity contribution in [1.29, 1.82) is 0 Å². The predicted molar refractivity (Wildman–Crippen MR) is 115 cm³/mol. The summed E-state index contributed by atoms with van der Waals surface area (Å²) in [6.07, 6.45) is 0. The molecule has 6 nitrogen and oxygen atoms in total. The largest absolute Gasteiger partial charge is 0.321 e. The van der Waals surface area contributed by atoms with Crippen LogP contribution in [0.3, 0.4) is 0 Å². The maximum absolute atomic E-state index is 13.2. The van der Waals surface area contributed by atoms with E-state index >= 15 is 0 Å². The summed E-state index contributed by atoms with van der Waals surface area (Å²) in [5, 5.41) is 5.81. The molecule has 3 rings (SSSR count). The van der Waals surface area contributed by atoms with Crippen molar-refractivity contribution in [2.24, 2.45) is 0 Å². The van der Waals surface area contributed by atoms with Gasteiger partial charge in [-0.3, -0.25) is 9.59 Å². The van der Waals surface area contributed by atoms with Crippen molar-refractivity contribution in [2.75, 3.05) is 49.9 Å². The SMILES string of the molecule is Cc1cc(C)c(NC(=O)C[NH+]2CC[NH+](CC(=O)Nc3cccc(F)c3)CC2)c(C)c1. The van der Waals surface area contributed by atoms with Gasteiger partial charge in [-0.25, -0.2) is 4.39 Å². The molecule has 2 aromatic rings. The van der Waals surface area contributed by atoms with Crippen LogP contribution >= 0.6 is 0 Å². The zero-order chi connectivity index (χ0) is 21.7. The maximum Gasteiger partial charge on any atom is 0.279 e. The monoisotopic (exact) mass is 414 g/mol. The molecule has 1 aliphatic rings. The second kappa shape index (κ2) is 9.82. The van der Waals surface area contributed by atoms with E-state index in [0.717, 1.165) is 43.0 Å². The van der Waals surface area contributed by atoms with E-state index < -0.39 is 0 Å². The van der Waals surface area contributed by atoms with E-state index in [9.17, 15) is 14.0 Å². The average Bonchev–Trinajstić information content (AvgIpc) is 2.66. The number of rotatable bonds is 6. The number of carbonyl (C=O) groups is 2. The van der Waals surface area contributed by atoms with Crippen LogP contribution in [0, 0.1) is 26.6 Å². The van der Waals surface area contributed by atoms with Gasteiger partial charge in [0, 0.05) is 11.4 Å². The van der Waals surface area contributed by atoms with Gasteiger partial charge in [0.05, 0.1) is 0 Å². The second-order valence-electron chi connectivity index (χ2n) is 8.23. The van der Waals surface area contributed by atoms with Gasteiger partial charge in [0.1, 0.15) is 32.0 Å². The minimum atomic E-state index is -0.369. The fourth-order valence-corrected chi connectivity index (χ4v) is 4.10. The molecule has 1 aliphatic heterocycles. The molecule has 0 saturated carbocycles. The number of carbonyl (C=O) groups excluding carboxylic acids is 2. The molecule has 7 heteroatoms. The Bertz CT molecular complexity index is 900. The molecular weight excluding hydrogens is 383 g/mol. The number of aryl methyl sites for hydroxylation is 3. The smallest absolute Gasteiger partial charge is 0.279 e. The van der Waals surface area contributed by atoms with E-state index in [1.165, 1.54) is 27.5 Å². The third-order valence-electron chi connectivity index (χ3n) is 5.54. The highest BCUT2D eigenvalue weighted by molar-refractivity contribution is 5.93. The summed E-state index contributed by atoms with van der Waals surface area (Å²) < 4.78 is 13.2. The summed E-state index contributed by atoms with van der Waals surface area (Å²) in [6.45, 7) is 10.2. The third-order valence-corrected chi connectivity index (χ3v) is 5.54. The zero-order valence-corrected chi connectivity index (χ0v) is 17.9. The van der Waals surface area contributed by atoms with Crippen molar-refractivity contribution in [1.82, 2.24) is 0 Å². The number of nitrogens with one attached hydrogen (secondary N) is 4. The van der Waals surface area contributed by atoms with E-state index in [4.69, 9.17) is 0 Å². The summed E-state index contributed by atoms with van der Waals surface area (Å²) in [5.41, 5.74) is 4.73. The van der Waals surface area contributed by atoms with Gasteiger partial charge in [-0.1, -0.05) is 23.8 Å². The van der Waals surface area contributed by atoms with Crippen molar-refractivity contribution < 1.29 is 23.8 Å². The van der Waals surface area contributed by atoms with E-state index in [-0.39, 0.29) is 17.6 Å². The highest BCUT2D eigenvalue weighted by Crippen LogP contribution is 2.21. The molecule has 0 bridgehead atoms. The molecule has 1 saturated heterocycles. The second-order valence-corrected chi connectivity index (χ2v) is 8.23. The fraction of sp³-hybridized carbons (Fsp3) is 0.391. The summed E-state index contributed by atoms with van der Waals surface area (Å²) >= 11 is 0. The Morgan fingerprint density at radius 2 is 1.40 bits per heavy atom. The molecule has 2 amide bonds. The van der Waals surface area contributed by atoms with Gasteiger partial charge >= 0.3 is 0 Å². The Morgan fingerprint density at radius 3 is 1.93 bits per heavy atom. The molecule has 4 N–H and O–H groups in total. The molecule has 160 valence electrons. The molecule has 1 heterocycles. The number of piperazine rings is 1. The Balaban J connectivity index is 1.43. The Kier molecular flexibility index (Phi) is 7.18. The summed E-state index contributed by atoms with van der Waals surface area (Å²) in [4.78, 5) is 27.1. The fourth-order valence-electron chi connectivity index (χ4n) is 4.10. The van der Waals surface area contributed by atoms with Gasteiger partial charge in [-0.2, -0.15) is 0 Å². The minimum Gasteiger partial charge on any atom is -0.321 e. The molecule has 0 aliphatic carbocycles. The van der Waals surface area contributed by atoms with E-state index in [1.807, 2.05) is 13.8 Å². The topological polar surface area (TPSA) is 67.1 Å². The third kappa shape index (κ3) is 6.11. The molecule has 2 aromatic carbocycles. The van der Waals surface area contributed by atoms with Crippen molar-refractivity contribution in [3.05, 3.63) is 58.9 Å². The molecule has 0 atom stereocenters. The van der Waals surface area contributed by atoms with Crippen LogP contribution in [0.2, 0.25) is 0 Å². The van der Waals surface area contributed by atoms with Gasteiger partial charge in [-0.15, -0.1) is 0 Å². The number of benzene rings is 2. The van der Waals surface area contributed by atoms with Crippen LogP contribution < -0.4 is 20.4 Å². The van der Waals surface area contributed by atoms with Crippen LogP contribution in [0.25, 0.3) is 0 Å². The highest BCUT2D eigenvalue weighted by atomic mass is 19.1. The summed E-state index contributed by atoms with van der Waals surface area (Å²) in [7, 11) is 0. The molecule has 30 heavy (non-hydrogen) atoms. The average molecular weight is 415 g/mol. The molecule has 0 unspecified atom stereocenters. The molecule has 0 radical (unpaired) electrons. The first-order chi connectivity index (χ1) is 14.3. The molecule has 1 fully saturated rings. The van der Waals surface area contributed by atoms with E-state index in [2.05, 4.69) is 29.7 Å². The van der Waals surface area contributed by atoms with Crippen LogP contribution in [0.5, 0.6) is 0 Å².